The highest BCUT2D eigenvalue weighted by Crippen LogP contribution is 2.32. The van der Waals surface area contributed by atoms with Gasteiger partial charge < -0.3 is 26.2 Å². The van der Waals surface area contributed by atoms with Crippen LogP contribution in [0, 0.1) is 23.2 Å². The van der Waals surface area contributed by atoms with Crippen LogP contribution in [0.2, 0.25) is 0 Å². The van der Waals surface area contributed by atoms with Gasteiger partial charge in [0, 0.05) is 25.4 Å². The number of urea groups is 1. The van der Waals surface area contributed by atoms with E-state index in [-0.39, 0.29) is 43.0 Å². The number of amides is 5. The zero-order valence-corrected chi connectivity index (χ0v) is 27.4. The highest BCUT2D eigenvalue weighted by Gasteiger charge is 2.45. The van der Waals surface area contributed by atoms with Gasteiger partial charge in [-0.3, -0.25) is 24.0 Å². The van der Waals surface area contributed by atoms with Gasteiger partial charge in [-0.05, 0) is 55.8 Å². The lowest BCUT2D eigenvalue weighted by molar-refractivity contribution is -0.144. The van der Waals surface area contributed by atoms with Crippen LogP contribution >= 0.6 is 0 Å². The Labute approximate surface area is 263 Å². The number of carbonyl (C=O) groups excluding carboxylic acids is 6. The third-order valence-electron chi connectivity index (χ3n) is 8.07. The van der Waals surface area contributed by atoms with Crippen molar-refractivity contribution in [1.29, 1.82) is 0 Å². The molecule has 256 valence electrons. The first kappa shape index (κ1) is 38.0. The Hall–Kier alpha value is -3.19. The topological polar surface area (TPSA) is 154 Å². The molecular weight excluding hydrogens is 595 g/mol. The van der Waals surface area contributed by atoms with Crippen LogP contribution in [0.5, 0.6) is 0 Å². The summed E-state index contributed by atoms with van der Waals surface area (Å²) in [7, 11) is 0. The molecular formula is C31H50F3N5O6. The molecule has 2 aliphatic rings. The molecule has 45 heavy (non-hydrogen) atoms. The van der Waals surface area contributed by atoms with Gasteiger partial charge in [0.25, 0.3) is 5.91 Å². The van der Waals surface area contributed by atoms with Crippen LogP contribution in [0.15, 0.2) is 0 Å². The van der Waals surface area contributed by atoms with Crippen molar-refractivity contribution in [2.75, 3.05) is 13.1 Å². The van der Waals surface area contributed by atoms with Gasteiger partial charge in [-0.1, -0.05) is 48.5 Å². The number of alkyl halides is 3. The van der Waals surface area contributed by atoms with Crippen molar-refractivity contribution in [1.82, 2.24) is 26.2 Å². The number of carbonyl (C=O) groups is 6. The van der Waals surface area contributed by atoms with E-state index in [1.165, 1.54) is 4.90 Å². The third-order valence-corrected chi connectivity index (χ3v) is 8.07. The number of hydrogen-bond acceptors (Lipinski definition) is 6. The van der Waals surface area contributed by atoms with Gasteiger partial charge in [0.1, 0.15) is 12.1 Å². The van der Waals surface area contributed by atoms with Gasteiger partial charge >= 0.3 is 12.2 Å². The number of ketones is 2. The first-order valence-electron chi connectivity index (χ1n) is 15.9. The molecule has 5 amide bonds. The van der Waals surface area contributed by atoms with Crippen LogP contribution in [0.25, 0.3) is 0 Å². The smallest absolute Gasteiger partial charge is 0.349 e. The first-order valence-corrected chi connectivity index (χ1v) is 15.9. The molecule has 1 heterocycles. The standard InChI is InChI=1S/C31H50F3N5O6/c1-8-14-35-27(43)24(41)20(10-9-13-31(32,33)34)36-26(42)21-15-18(4)16-39(21)28(44)25(30(5,6)7)38-29(45)37-22(17(2)3)23(40)19-11-12-19/h17-22,25H,8-16H2,1-7H3,(H,35,43)(H,36,42)(H2,37,38,45)/t18-,20?,21+,22+,25-/m1/s1. The molecule has 1 aliphatic carbocycles. The van der Waals surface area contributed by atoms with Crippen molar-refractivity contribution in [3.8, 4) is 0 Å². The van der Waals surface area contributed by atoms with Crippen molar-refractivity contribution >= 4 is 35.3 Å². The zero-order chi connectivity index (χ0) is 34.3. The number of hydrogen-bond donors (Lipinski definition) is 4. The molecule has 0 bridgehead atoms. The van der Waals surface area contributed by atoms with Gasteiger partial charge in [0.05, 0.1) is 12.1 Å². The lowest BCUT2D eigenvalue weighted by atomic mass is 9.85. The minimum atomic E-state index is -4.48. The van der Waals surface area contributed by atoms with Crippen molar-refractivity contribution < 1.29 is 41.9 Å². The van der Waals surface area contributed by atoms with Crippen molar-refractivity contribution in [3.63, 3.8) is 0 Å². The number of nitrogens with one attached hydrogen (secondary N) is 4. The second-order valence-electron chi connectivity index (χ2n) is 13.9. The summed E-state index contributed by atoms with van der Waals surface area (Å²) < 4.78 is 38.5. The van der Waals surface area contributed by atoms with Crippen LogP contribution < -0.4 is 21.3 Å². The van der Waals surface area contributed by atoms with E-state index in [2.05, 4.69) is 21.3 Å². The number of likely N-dealkylation sites (tertiary alicyclic amines) is 1. The molecule has 1 unspecified atom stereocenters. The van der Waals surface area contributed by atoms with E-state index in [0.717, 1.165) is 12.8 Å². The van der Waals surface area contributed by atoms with Gasteiger partial charge in [0.2, 0.25) is 17.6 Å². The fourth-order valence-electron chi connectivity index (χ4n) is 5.38. The maximum Gasteiger partial charge on any atom is 0.389 e. The van der Waals surface area contributed by atoms with Crippen LogP contribution in [0.4, 0.5) is 18.0 Å². The highest BCUT2D eigenvalue weighted by molar-refractivity contribution is 6.38. The van der Waals surface area contributed by atoms with Gasteiger partial charge in [-0.25, -0.2) is 4.79 Å². The molecule has 0 radical (unpaired) electrons. The maximum absolute atomic E-state index is 14.0. The van der Waals surface area contributed by atoms with E-state index >= 15 is 0 Å². The Morgan fingerprint density at radius 1 is 0.956 bits per heavy atom. The Morgan fingerprint density at radius 3 is 2.09 bits per heavy atom. The largest absolute Gasteiger partial charge is 0.389 e. The van der Waals surface area contributed by atoms with Crippen LogP contribution in [0.1, 0.15) is 93.4 Å². The lowest BCUT2D eigenvalue weighted by Crippen LogP contribution is -2.61. The van der Waals surface area contributed by atoms with E-state index in [1.54, 1.807) is 27.7 Å². The number of rotatable bonds is 15. The fourth-order valence-corrected chi connectivity index (χ4v) is 5.38. The molecule has 11 nitrogen and oxygen atoms in total. The summed E-state index contributed by atoms with van der Waals surface area (Å²) in [4.78, 5) is 79.9. The molecule has 1 saturated heterocycles. The summed E-state index contributed by atoms with van der Waals surface area (Å²) in [6, 6.07) is -5.12. The van der Waals surface area contributed by atoms with Gasteiger partial charge in [-0.2, -0.15) is 13.2 Å². The van der Waals surface area contributed by atoms with Gasteiger partial charge in [0.15, 0.2) is 5.78 Å². The average molecular weight is 646 g/mol. The van der Waals surface area contributed by atoms with E-state index in [1.807, 2.05) is 20.8 Å². The normalized spacial score (nSPS) is 20.6. The Morgan fingerprint density at radius 2 is 1.58 bits per heavy atom. The Balaban J connectivity index is 2.23. The number of nitrogens with zero attached hydrogens (tertiary/aromatic N) is 1. The van der Waals surface area contributed by atoms with Crippen LogP contribution in [-0.2, 0) is 24.0 Å². The molecule has 1 saturated carbocycles. The monoisotopic (exact) mass is 645 g/mol. The molecule has 0 spiro atoms. The maximum atomic E-state index is 14.0. The first-order chi connectivity index (χ1) is 20.8. The zero-order valence-electron chi connectivity index (χ0n) is 27.4. The minimum Gasteiger partial charge on any atom is -0.349 e. The van der Waals surface area contributed by atoms with Crippen molar-refractivity contribution in [3.05, 3.63) is 0 Å². The summed E-state index contributed by atoms with van der Waals surface area (Å²) >= 11 is 0. The molecule has 2 fully saturated rings. The summed E-state index contributed by atoms with van der Waals surface area (Å²) in [5.41, 5.74) is -0.817. The van der Waals surface area contributed by atoms with Crippen LogP contribution in [-0.4, -0.2) is 83.7 Å². The second-order valence-corrected chi connectivity index (χ2v) is 13.9. The third kappa shape index (κ3) is 11.6. The van der Waals surface area contributed by atoms with Crippen molar-refractivity contribution in [2.45, 2.75) is 124 Å². The minimum absolute atomic E-state index is 0.0494. The van der Waals surface area contributed by atoms with Crippen LogP contribution in [0.3, 0.4) is 0 Å². The molecule has 0 aromatic carbocycles. The summed E-state index contributed by atoms with van der Waals surface area (Å²) in [6.07, 6.45) is -4.28. The predicted octanol–water partition coefficient (Wildman–Crippen LogP) is 3.25. The SMILES string of the molecule is CCCNC(=O)C(=O)C(CCCC(F)(F)F)NC(=O)[C@@H]1C[C@@H](C)CN1C(=O)[C@@H](NC(=O)N[C@H](C(=O)C1CC1)C(C)C)C(C)(C)C. The summed E-state index contributed by atoms with van der Waals surface area (Å²) in [5.74, 6) is -3.84. The Kier molecular flexibility index (Phi) is 13.4. The molecule has 14 heteroatoms. The molecule has 4 N–H and O–H groups in total. The molecule has 5 atom stereocenters. The average Bonchev–Trinajstić information content (AvgIpc) is 3.70. The van der Waals surface area contributed by atoms with E-state index < -0.39 is 84.6 Å². The van der Waals surface area contributed by atoms with E-state index in [4.69, 9.17) is 0 Å². The highest BCUT2D eigenvalue weighted by atomic mass is 19.4. The number of halogens is 3. The van der Waals surface area contributed by atoms with Gasteiger partial charge in [-0.15, -0.1) is 0 Å². The van der Waals surface area contributed by atoms with E-state index in [9.17, 15) is 41.9 Å². The predicted molar refractivity (Wildman–Crippen MR) is 161 cm³/mol. The van der Waals surface area contributed by atoms with E-state index in [0.29, 0.717) is 6.42 Å². The van der Waals surface area contributed by atoms with Crippen molar-refractivity contribution in [2.24, 2.45) is 23.2 Å². The second kappa shape index (κ2) is 15.9. The quantitative estimate of drug-likeness (QED) is 0.201. The fraction of sp³-hybridized carbons (Fsp3) is 0.806. The molecule has 0 aromatic rings. The lowest BCUT2D eigenvalue weighted by Gasteiger charge is -2.36. The number of Topliss-reactive ketones (excluding diaryl/α,β-unsaturated/α-hetero) is 2. The molecule has 1 aliphatic heterocycles. The molecule has 2 rings (SSSR count). The molecule has 0 aromatic heterocycles. The summed E-state index contributed by atoms with van der Waals surface area (Å²) in [6.45, 7) is 12.8. The summed E-state index contributed by atoms with van der Waals surface area (Å²) in [5, 5.41) is 10.3. The Bertz CT molecular complexity index is 1100.